The highest BCUT2D eigenvalue weighted by atomic mass is 16.5. The maximum absolute atomic E-state index is 11.0. The Morgan fingerprint density at radius 3 is 2.97 bits per heavy atom. The molecule has 0 unspecified atom stereocenters. The van der Waals surface area contributed by atoms with Gasteiger partial charge in [-0.05, 0) is 43.5 Å². The van der Waals surface area contributed by atoms with E-state index in [9.17, 15) is 4.79 Å². The summed E-state index contributed by atoms with van der Waals surface area (Å²) in [7, 11) is 0. The van der Waals surface area contributed by atoms with Crippen molar-refractivity contribution in [1.29, 1.82) is 0 Å². The highest BCUT2D eigenvalue weighted by Gasteiger charge is 2.23. The lowest BCUT2D eigenvalue weighted by atomic mass is 9.94. The first kappa shape index (κ1) is 19.4. The number of fused-ring (bicyclic) bond motifs is 2. The van der Waals surface area contributed by atoms with Crippen LogP contribution in [0.3, 0.4) is 0 Å². The minimum Gasteiger partial charge on any atom is -0.480 e. The number of carboxylic acid groups (broad SMARTS) is 1. The number of benzene rings is 1. The molecule has 1 aromatic carbocycles. The molecular weight excluding hydrogens is 394 g/mol. The minimum atomic E-state index is -0.809. The third-order valence-electron chi connectivity index (χ3n) is 5.73. The van der Waals surface area contributed by atoms with Crippen molar-refractivity contribution in [2.75, 3.05) is 13.1 Å². The summed E-state index contributed by atoms with van der Waals surface area (Å²) in [6.45, 7) is 5.59. The molecule has 5 rings (SSSR count). The van der Waals surface area contributed by atoms with E-state index in [0.717, 1.165) is 39.7 Å². The molecule has 1 aliphatic heterocycles. The zero-order valence-electron chi connectivity index (χ0n) is 17.4. The Hall–Kier alpha value is -3.52. The maximum Gasteiger partial charge on any atom is 0.317 e. The first-order valence-electron chi connectivity index (χ1n) is 10.4. The third kappa shape index (κ3) is 3.59. The average Bonchev–Trinajstić information content (AvgIpc) is 3.39. The van der Waals surface area contributed by atoms with Crippen LogP contribution < -0.4 is 0 Å². The SMILES string of the molecule is CC(C)n1ccc2cc(-c3nc(-c4cccc5c4CCN(CC(=O)O)C5)no3)cnc21. The van der Waals surface area contributed by atoms with E-state index < -0.39 is 5.97 Å². The lowest BCUT2D eigenvalue weighted by molar-refractivity contribution is -0.138. The summed E-state index contributed by atoms with van der Waals surface area (Å²) in [5.74, 6) is 0.165. The summed E-state index contributed by atoms with van der Waals surface area (Å²) in [6.07, 6.45) is 4.55. The molecule has 0 spiro atoms. The fourth-order valence-corrected chi connectivity index (χ4v) is 4.23. The van der Waals surface area contributed by atoms with Crippen molar-refractivity contribution in [3.63, 3.8) is 0 Å². The van der Waals surface area contributed by atoms with Crippen LogP contribution in [0.25, 0.3) is 33.9 Å². The van der Waals surface area contributed by atoms with Gasteiger partial charge in [0.05, 0.1) is 12.1 Å². The van der Waals surface area contributed by atoms with Gasteiger partial charge in [0.15, 0.2) is 0 Å². The molecule has 0 fully saturated rings. The number of hydrogen-bond acceptors (Lipinski definition) is 6. The van der Waals surface area contributed by atoms with Gasteiger partial charge in [0.1, 0.15) is 5.65 Å². The van der Waals surface area contributed by atoms with Gasteiger partial charge in [0.25, 0.3) is 5.89 Å². The molecule has 1 N–H and O–H groups in total. The van der Waals surface area contributed by atoms with Gasteiger partial charge in [-0.1, -0.05) is 23.4 Å². The van der Waals surface area contributed by atoms with Crippen molar-refractivity contribution in [3.05, 3.63) is 53.9 Å². The number of nitrogens with zero attached hydrogens (tertiary/aromatic N) is 5. The highest BCUT2D eigenvalue weighted by molar-refractivity contribution is 5.80. The van der Waals surface area contributed by atoms with E-state index in [1.165, 1.54) is 0 Å². The standard InChI is InChI=1S/C23H23N5O3/c1-14(2)28-9-6-15-10-17(11-24-22(15)28)23-25-21(26-31-23)19-5-3-4-16-12-27(13-20(29)30)8-7-18(16)19/h3-6,9-11,14H,7-8,12-13H2,1-2H3,(H,29,30). The van der Waals surface area contributed by atoms with Crippen LogP contribution in [-0.2, 0) is 17.8 Å². The molecule has 0 atom stereocenters. The van der Waals surface area contributed by atoms with Crippen molar-refractivity contribution >= 4 is 17.0 Å². The molecule has 158 valence electrons. The molecular formula is C23H23N5O3. The lowest BCUT2D eigenvalue weighted by Gasteiger charge is -2.28. The number of aromatic nitrogens is 4. The second kappa shape index (κ2) is 7.63. The van der Waals surface area contributed by atoms with Gasteiger partial charge in [-0.25, -0.2) is 4.98 Å². The normalized spacial score (nSPS) is 14.3. The molecule has 3 aromatic heterocycles. The number of carboxylic acids is 1. The summed E-state index contributed by atoms with van der Waals surface area (Å²) in [5.41, 5.74) is 4.91. The average molecular weight is 417 g/mol. The summed E-state index contributed by atoms with van der Waals surface area (Å²) >= 11 is 0. The smallest absolute Gasteiger partial charge is 0.317 e. The van der Waals surface area contributed by atoms with Gasteiger partial charge >= 0.3 is 5.97 Å². The summed E-state index contributed by atoms with van der Waals surface area (Å²) < 4.78 is 7.70. The van der Waals surface area contributed by atoms with Crippen molar-refractivity contribution < 1.29 is 14.4 Å². The molecule has 4 heterocycles. The zero-order chi connectivity index (χ0) is 21.5. The molecule has 0 saturated heterocycles. The first-order chi connectivity index (χ1) is 15.0. The highest BCUT2D eigenvalue weighted by Crippen LogP contribution is 2.31. The van der Waals surface area contributed by atoms with E-state index in [0.29, 0.717) is 30.8 Å². The van der Waals surface area contributed by atoms with E-state index in [-0.39, 0.29) is 6.54 Å². The topological polar surface area (TPSA) is 97.3 Å². The monoisotopic (exact) mass is 417 g/mol. The summed E-state index contributed by atoms with van der Waals surface area (Å²) in [5, 5.41) is 14.3. The molecule has 0 amide bonds. The number of rotatable bonds is 5. The van der Waals surface area contributed by atoms with Crippen molar-refractivity contribution in [3.8, 4) is 22.8 Å². The van der Waals surface area contributed by atoms with Crippen LogP contribution in [-0.4, -0.2) is 48.8 Å². The number of aliphatic carboxylic acids is 1. The van der Waals surface area contributed by atoms with Crippen LogP contribution in [0.5, 0.6) is 0 Å². The van der Waals surface area contributed by atoms with Gasteiger partial charge in [-0.15, -0.1) is 0 Å². The lowest BCUT2D eigenvalue weighted by Crippen LogP contribution is -2.34. The second-order valence-electron chi connectivity index (χ2n) is 8.17. The van der Waals surface area contributed by atoms with E-state index in [1.54, 1.807) is 6.20 Å². The maximum atomic E-state index is 11.0. The third-order valence-corrected chi connectivity index (χ3v) is 5.73. The fourth-order valence-electron chi connectivity index (χ4n) is 4.23. The zero-order valence-corrected chi connectivity index (χ0v) is 17.4. The van der Waals surface area contributed by atoms with E-state index in [1.807, 2.05) is 41.4 Å². The molecule has 0 saturated carbocycles. The van der Waals surface area contributed by atoms with Crippen LogP contribution in [0.15, 0.2) is 47.2 Å². The largest absolute Gasteiger partial charge is 0.480 e. The molecule has 0 aliphatic carbocycles. The van der Waals surface area contributed by atoms with Gasteiger partial charge < -0.3 is 14.2 Å². The Bertz CT molecular complexity index is 1270. The van der Waals surface area contributed by atoms with E-state index in [4.69, 9.17) is 9.63 Å². The van der Waals surface area contributed by atoms with Crippen LogP contribution in [0, 0.1) is 0 Å². The van der Waals surface area contributed by atoms with E-state index in [2.05, 4.69) is 33.5 Å². The minimum absolute atomic E-state index is 0.0457. The van der Waals surface area contributed by atoms with Gasteiger partial charge in [0, 0.05) is 42.5 Å². The summed E-state index contributed by atoms with van der Waals surface area (Å²) in [4.78, 5) is 22.2. The van der Waals surface area contributed by atoms with Gasteiger partial charge in [-0.2, -0.15) is 4.98 Å². The van der Waals surface area contributed by atoms with Crippen LogP contribution in [0.1, 0.15) is 31.0 Å². The van der Waals surface area contributed by atoms with Gasteiger partial charge in [-0.3, -0.25) is 9.69 Å². The molecule has 31 heavy (non-hydrogen) atoms. The Balaban J connectivity index is 1.45. The second-order valence-corrected chi connectivity index (χ2v) is 8.17. The number of carbonyl (C=O) groups is 1. The molecule has 1 aliphatic rings. The summed E-state index contributed by atoms with van der Waals surface area (Å²) in [6, 6.07) is 10.4. The predicted octanol–water partition coefficient (Wildman–Crippen LogP) is 3.78. The number of pyridine rings is 1. The van der Waals surface area contributed by atoms with Crippen molar-refractivity contribution in [2.45, 2.75) is 32.9 Å². The fraction of sp³-hybridized carbons (Fsp3) is 0.304. The van der Waals surface area contributed by atoms with Crippen LogP contribution in [0.4, 0.5) is 0 Å². The molecule has 0 radical (unpaired) electrons. The molecule has 4 aromatic rings. The first-order valence-corrected chi connectivity index (χ1v) is 10.4. The predicted molar refractivity (Wildman–Crippen MR) is 115 cm³/mol. The molecule has 0 bridgehead atoms. The van der Waals surface area contributed by atoms with E-state index >= 15 is 0 Å². The Kier molecular flexibility index (Phi) is 4.78. The van der Waals surface area contributed by atoms with Gasteiger partial charge in [0.2, 0.25) is 5.82 Å². The van der Waals surface area contributed by atoms with Crippen molar-refractivity contribution in [2.24, 2.45) is 0 Å². The quantitative estimate of drug-likeness (QED) is 0.528. The van der Waals surface area contributed by atoms with Crippen LogP contribution in [0.2, 0.25) is 0 Å². The Labute approximate surface area is 179 Å². The number of hydrogen-bond donors (Lipinski definition) is 1. The Morgan fingerprint density at radius 2 is 2.16 bits per heavy atom. The molecule has 8 nitrogen and oxygen atoms in total. The van der Waals surface area contributed by atoms with Crippen LogP contribution >= 0.6 is 0 Å². The molecule has 8 heteroatoms. The Morgan fingerprint density at radius 1 is 1.29 bits per heavy atom. The van der Waals surface area contributed by atoms with Crippen molar-refractivity contribution in [1.82, 2.24) is 24.6 Å².